The van der Waals surface area contributed by atoms with E-state index in [9.17, 15) is 4.79 Å². The van der Waals surface area contributed by atoms with E-state index in [2.05, 4.69) is 16.2 Å². The van der Waals surface area contributed by atoms with E-state index in [1.165, 1.54) is 11.3 Å². The second-order valence-corrected chi connectivity index (χ2v) is 4.99. The molecule has 0 saturated carbocycles. The molecule has 2 aromatic rings. The Hall–Kier alpha value is -1.70. The molecule has 0 aliphatic heterocycles. The zero-order chi connectivity index (χ0) is 12.3. The van der Waals surface area contributed by atoms with Crippen molar-refractivity contribution in [1.82, 2.24) is 10.3 Å². The average molecular weight is 265 g/mol. The van der Waals surface area contributed by atoms with Crippen LogP contribution in [0.4, 0.5) is 0 Å². The number of hydrogen-bond acceptors (Lipinski definition) is 2. The average Bonchev–Trinajstić information content (AvgIpc) is 2.93. The third-order valence-electron chi connectivity index (χ3n) is 2.18. The van der Waals surface area contributed by atoms with Gasteiger partial charge < -0.3 is 10.3 Å². The molecular formula is C12H9ClN2OS. The molecule has 1 amide bonds. The molecular weight excluding hydrogens is 256 g/mol. The summed E-state index contributed by atoms with van der Waals surface area (Å²) in [6.07, 6.45) is 8.51. The van der Waals surface area contributed by atoms with Crippen LogP contribution in [0.2, 0.25) is 4.34 Å². The molecule has 2 heterocycles. The van der Waals surface area contributed by atoms with Gasteiger partial charge in [-0.05, 0) is 12.1 Å². The molecule has 0 radical (unpaired) electrons. The van der Waals surface area contributed by atoms with Crippen molar-refractivity contribution in [3.8, 4) is 22.8 Å². The van der Waals surface area contributed by atoms with Crippen LogP contribution < -0.4 is 5.32 Å². The van der Waals surface area contributed by atoms with Gasteiger partial charge in [-0.3, -0.25) is 4.79 Å². The van der Waals surface area contributed by atoms with Gasteiger partial charge in [0.1, 0.15) is 0 Å². The highest BCUT2D eigenvalue weighted by Gasteiger charge is 2.14. The SMILES string of the molecule is C#CCNC(=O)c1c[nH]cc1-c1ccc(Cl)s1. The molecule has 0 unspecified atom stereocenters. The van der Waals surface area contributed by atoms with Gasteiger partial charge in [0.25, 0.3) is 5.91 Å². The van der Waals surface area contributed by atoms with Gasteiger partial charge in [0, 0.05) is 22.8 Å². The van der Waals surface area contributed by atoms with Gasteiger partial charge in [0.2, 0.25) is 0 Å². The lowest BCUT2D eigenvalue weighted by atomic mass is 10.1. The molecule has 0 spiro atoms. The van der Waals surface area contributed by atoms with E-state index in [4.69, 9.17) is 18.0 Å². The number of carbonyl (C=O) groups is 1. The Kier molecular flexibility index (Phi) is 3.52. The second-order valence-electron chi connectivity index (χ2n) is 3.27. The summed E-state index contributed by atoms with van der Waals surface area (Å²) in [5.41, 5.74) is 1.40. The highest BCUT2D eigenvalue weighted by Crippen LogP contribution is 2.32. The number of carbonyl (C=O) groups excluding carboxylic acids is 1. The molecule has 0 aliphatic carbocycles. The fourth-order valence-corrected chi connectivity index (χ4v) is 2.51. The summed E-state index contributed by atoms with van der Waals surface area (Å²) in [6.45, 7) is 0.217. The molecule has 0 atom stereocenters. The lowest BCUT2D eigenvalue weighted by Crippen LogP contribution is -2.23. The highest BCUT2D eigenvalue weighted by atomic mass is 35.5. The Labute approximate surface area is 108 Å². The first-order chi connectivity index (χ1) is 8.22. The summed E-state index contributed by atoms with van der Waals surface area (Å²) in [6, 6.07) is 3.69. The standard InChI is InChI=1S/C12H9ClN2OS/c1-2-5-15-12(16)9-7-14-6-8(9)10-3-4-11(13)17-10/h1,3-4,6-7,14H,5H2,(H,15,16). The van der Waals surface area contributed by atoms with Gasteiger partial charge in [-0.2, -0.15) is 0 Å². The van der Waals surface area contributed by atoms with E-state index in [0.717, 1.165) is 10.4 Å². The normalized spacial score (nSPS) is 9.88. The number of thiophene rings is 1. The number of halogens is 1. The van der Waals surface area contributed by atoms with E-state index in [-0.39, 0.29) is 12.5 Å². The molecule has 86 valence electrons. The van der Waals surface area contributed by atoms with E-state index in [1.54, 1.807) is 18.5 Å². The summed E-state index contributed by atoms with van der Waals surface area (Å²) >= 11 is 7.30. The van der Waals surface area contributed by atoms with Crippen molar-refractivity contribution < 1.29 is 4.79 Å². The monoisotopic (exact) mass is 264 g/mol. The van der Waals surface area contributed by atoms with Gasteiger partial charge in [-0.25, -0.2) is 0 Å². The van der Waals surface area contributed by atoms with Crippen LogP contribution in [-0.4, -0.2) is 17.4 Å². The van der Waals surface area contributed by atoms with Gasteiger partial charge in [0.15, 0.2) is 0 Å². The lowest BCUT2D eigenvalue weighted by molar-refractivity contribution is 0.0959. The zero-order valence-corrected chi connectivity index (χ0v) is 10.4. The predicted molar refractivity (Wildman–Crippen MR) is 70.3 cm³/mol. The van der Waals surface area contributed by atoms with Crippen molar-refractivity contribution in [2.45, 2.75) is 0 Å². The van der Waals surface area contributed by atoms with Crippen LogP contribution in [0.15, 0.2) is 24.5 Å². The Morgan fingerprint density at radius 1 is 1.53 bits per heavy atom. The largest absolute Gasteiger partial charge is 0.366 e. The summed E-state index contributed by atoms with van der Waals surface area (Å²) in [7, 11) is 0. The molecule has 2 N–H and O–H groups in total. The summed E-state index contributed by atoms with van der Waals surface area (Å²) in [4.78, 5) is 15.7. The van der Waals surface area contributed by atoms with Crippen LogP contribution in [0.5, 0.6) is 0 Å². The minimum atomic E-state index is -0.191. The first kappa shape index (κ1) is 11.8. The number of amides is 1. The van der Waals surface area contributed by atoms with E-state index in [1.807, 2.05) is 6.07 Å². The topological polar surface area (TPSA) is 44.9 Å². The number of rotatable bonds is 3. The molecule has 17 heavy (non-hydrogen) atoms. The van der Waals surface area contributed by atoms with E-state index < -0.39 is 0 Å². The van der Waals surface area contributed by atoms with Crippen molar-refractivity contribution in [1.29, 1.82) is 0 Å². The minimum Gasteiger partial charge on any atom is -0.366 e. The maximum Gasteiger partial charge on any atom is 0.254 e. The van der Waals surface area contributed by atoms with Crippen LogP contribution in [0.1, 0.15) is 10.4 Å². The van der Waals surface area contributed by atoms with Crippen LogP contribution >= 0.6 is 22.9 Å². The summed E-state index contributed by atoms with van der Waals surface area (Å²) < 4.78 is 0.691. The Bertz CT molecular complexity index is 579. The van der Waals surface area contributed by atoms with Gasteiger partial charge in [-0.15, -0.1) is 17.8 Å². The maximum absolute atomic E-state index is 11.8. The van der Waals surface area contributed by atoms with Crippen LogP contribution in [-0.2, 0) is 0 Å². The summed E-state index contributed by atoms with van der Waals surface area (Å²) in [5.74, 6) is 2.17. The molecule has 5 heteroatoms. The zero-order valence-electron chi connectivity index (χ0n) is 8.79. The van der Waals surface area contributed by atoms with Crippen molar-refractivity contribution in [2.75, 3.05) is 6.54 Å². The van der Waals surface area contributed by atoms with Crippen LogP contribution in [0.3, 0.4) is 0 Å². The number of aromatic amines is 1. The molecule has 0 bridgehead atoms. The number of aromatic nitrogens is 1. The third kappa shape index (κ3) is 2.52. The maximum atomic E-state index is 11.8. The van der Waals surface area contributed by atoms with Crippen LogP contribution in [0.25, 0.3) is 10.4 Å². The minimum absolute atomic E-state index is 0.191. The van der Waals surface area contributed by atoms with E-state index in [0.29, 0.717) is 9.90 Å². The highest BCUT2D eigenvalue weighted by molar-refractivity contribution is 7.19. The van der Waals surface area contributed by atoms with Crippen molar-refractivity contribution >= 4 is 28.8 Å². The van der Waals surface area contributed by atoms with Crippen LogP contribution in [0, 0.1) is 12.3 Å². The Morgan fingerprint density at radius 2 is 2.35 bits per heavy atom. The van der Waals surface area contributed by atoms with Gasteiger partial charge in [0.05, 0.1) is 16.4 Å². The van der Waals surface area contributed by atoms with Gasteiger partial charge in [-0.1, -0.05) is 17.5 Å². The fourth-order valence-electron chi connectivity index (χ4n) is 1.44. The first-order valence-corrected chi connectivity index (χ1v) is 6.06. The smallest absolute Gasteiger partial charge is 0.254 e. The summed E-state index contributed by atoms with van der Waals surface area (Å²) in [5, 5.41) is 2.63. The predicted octanol–water partition coefficient (Wildman–Crippen LogP) is 2.76. The molecule has 2 aromatic heterocycles. The molecule has 0 fully saturated rings. The molecule has 3 nitrogen and oxygen atoms in total. The quantitative estimate of drug-likeness (QED) is 0.823. The molecule has 0 aromatic carbocycles. The van der Waals surface area contributed by atoms with Gasteiger partial charge >= 0.3 is 0 Å². The fraction of sp³-hybridized carbons (Fsp3) is 0.0833. The second kappa shape index (κ2) is 5.09. The number of H-pyrrole nitrogens is 1. The van der Waals surface area contributed by atoms with Crippen molar-refractivity contribution in [3.63, 3.8) is 0 Å². The number of terminal acetylenes is 1. The third-order valence-corrected chi connectivity index (χ3v) is 3.44. The Balaban J connectivity index is 2.29. The molecule has 0 aliphatic rings. The number of hydrogen-bond donors (Lipinski definition) is 2. The lowest BCUT2D eigenvalue weighted by Gasteiger charge is -2.01. The van der Waals surface area contributed by atoms with Crippen molar-refractivity contribution in [3.05, 3.63) is 34.4 Å². The number of nitrogens with one attached hydrogen (secondary N) is 2. The molecule has 2 rings (SSSR count). The Morgan fingerprint density at radius 3 is 3.00 bits per heavy atom. The van der Waals surface area contributed by atoms with E-state index >= 15 is 0 Å². The molecule has 0 saturated heterocycles. The van der Waals surface area contributed by atoms with Crippen molar-refractivity contribution in [2.24, 2.45) is 0 Å². The first-order valence-electron chi connectivity index (χ1n) is 4.86.